The number of ketones is 1. The quantitative estimate of drug-likeness (QED) is 0.631. The van der Waals surface area contributed by atoms with Gasteiger partial charge in [-0.15, -0.1) is 11.3 Å². The molecule has 0 bridgehead atoms. The van der Waals surface area contributed by atoms with Crippen LogP contribution in [0.5, 0.6) is 0 Å². The standard InChI is InChI=1S/C14H11ClN2OS2/c1-2-3-10(18)11-6-7-12(19-11)13-8(15)4-5-9-14(13)17-20-16-9/h4-7H,2-3H2,1H3. The van der Waals surface area contributed by atoms with Crippen LogP contribution in [-0.4, -0.2) is 14.5 Å². The lowest BCUT2D eigenvalue weighted by Gasteiger charge is -2.01. The Hall–Kier alpha value is -1.30. The van der Waals surface area contributed by atoms with Gasteiger partial charge in [0.1, 0.15) is 11.0 Å². The summed E-state index contributed by atoms with van der Waals surface area (Å²) in [5, 5.41) is 0.640. The summed E-state index contributed by atoms with van der Waals surface area (Å²) in [5.41, 5.74) is 2.52. The van der Waals surface area contributed by atoms with Crippen LogP contribution in [0.3, 0.4) is 0 Å². The van der Waals surface area contributed by atoms with Gasteiger partial charge < -0.3 is 0 Å². The van der Waals surface area contributed by atoms with E-state index in [-0.39, 0.29) is 5.78 Å². The van der Waals surface area contributed by atoms with E-state index in [0.717, 1.165) is 32.8 Å². The molecule has 3 nitrogen and oxygen atoms in total. The molecule has 0 spiro atoms. The molecular formula is C14H11ClN2OS2. The molecule has 0 aliphatic carbocycles. The Morgan fingerprint density at radius 1 is 1.25 bits per heavy atom. The second-order valence-corrected chi connectivity index (χ2v) is 6.41. The van der Waals surface area contributed by atoms with Crippen LogP contribution in [-0.2, 0) is 0 Å². The molecule has 0 amide bonds. The van der Waals surface area contributed by atoms with Crippen LogP contribution in [0.25, 0.3) is 21.5 Å². The minimum Gasteiger partial charge on any atom is -0.293 e. The Labute approximate surface area is 129 Å². The summed E-state index contributed by atoms with van der Waals surface area (Å²) in [6.07, 6.45) is 1.44. The summed E-state index contributed by atoms with van der Waals surface area (Å²) in [7, 11) is 0. The molecule has 0 radical (unpaired) electrons. The van der Waals surface area contributed by atoms with Crippen LogP contribution in [0.2, 0.25) is 5.02 Å². The summed E-state index contributed by atoms with van der Waals surface area (Å²) < 4.78 is 8.54. The first-order chi connectivity index (χ1) is 9.70. The number of fused-ring (bicyclic) bond motifs is 1. The maximum atomic E-state index is 11.9. The first-order valence-electron chi connectivity index (χ1n) is 6.25. The predicted molar refractivity (Wildman–Crippen MR) is 85.0 cm³/mol. The van der Waals surface area contributed by atoms with Crippen molar-refractivity contribution in [3.05, 3.63) is 34.2 Å². The Morgan fingerprint density at radius 3 is 2.90 bits per heavy atom. The third-order valence-corrected chi connectivity index (χ3v) is 4.98. The molecule has 0 atom stereocenters. The Bertz CT molecular complexity index is 778. The lowest BCUT2D eigenvalue weighted by Crippen LogP contribution is -1.93. The molecule has 0 saturated carbocycles. The van der Waals surface area contributed by atoms with Gasteiger partial charge in [0.25, 0.3) is 0 Å². The zero-order valence-electron chi connectivity index (χ0n) is 10.7. The SMILES string of the molecule is CCCC(=O)c1ccc(-c2c(Cl)ccc3nsnc23)s1. The predicted octanol–water partition coefficient (Wildman–Crippen LogP) is 5.06. The van der Waals surface area contributed by atoms with Crippen LogP contribution >= 0.6 is 34.7 Å². The van der Waals surface area contributed by atoms with E-state index >= 15 is 0 Å². The molecule has 102 valence electrons. The van der Waals surface area contributed by atoms with Gasteiger partial charge in [-0.2, -0.15) is 8.75 Å². The van der Waals surface area contributed by atoms with Crippen molar-refractivity contribution in [2.24, 2.45) is 0 Å². The van der Waals surface area contributed by atoms with Gasteiger partial charge in [0.15, 0.2) is 5.78 Å². The Morgan fingerprint density at radius 2 is 2.10 bits per heavy atom. The summed E-state index contributed by atoms with van der Waals surface area (Å²) in [5.74, 6) is 0.184. The van der Waals surface area contributed by atoms with E-state index in [1.807, 2.05) is 31.2 Å². The highest BCUT2D eigenvalue weighted by Crippen LogP contribution is 2.38. The molecule has 0 aliphatic rings. The van der Waals surface area contributed by atoms with Crippen molar-refractivity contribution < 1.29 is 4.79 Å². The number of hydrogen-bond donors (Lipinski definition) is 0. The van der Waals surface area contributed by atoms with Gasteiger partial charge in [-0.05, 0) is 30.7 Å². The van der Waals surface area contributed by atoms with Crippen molar-refractivity contribution in [1.29, 1.82) is 0 Å². The zero-order valence-corrected chi connectivity index (χ0v) is 13.1. The van der Waals surface area contributed by atoms with E-state index in [1.165, 1.54) is 23.1 Å². The fourth-order valence-electron chi connectivity index (χ4n) is 2.03. The van der Waals surface area contributed by atoms with Gasteiger partial charge in [-0.3, -0.25) is 4.79 Å². The number of hydrogen-bond acceptors (Lipinski definition) is 5. The van der Waals surface area contributed by atoms with Crippen molar-refractivity contribution >= 4 is 51.5 Å². The number of Topliss-reactive ketones (excluding diaryl/α,β-unsaturated/α-hetero) is 1. The van der Waals surface area contributed by atoms with Crippen LogP contribution in [0.4, 0.5) is 0 Å². The fraction of sp³-hybridized carbons (Fsp3) is 0.214. The van der Waals surface area contributed by atoms with Crippen molar-refractivity contribution in [2.75, 3.05) is 0 Å². The first-order valence-corrected chi connectivity index (χ1v) is 8.17. The average molecular weight is 323 g/mol. The summed E-state index contributed by atoms with van der Waals surface area (Å²) in [4.78, 5) is 13.7. The molecular weight excluding hydrogens is 312 g/mol. The number of rotatable bonds is 4. The molecule has 0 saturated heterocycles. The van der Waals surface area contributed by atoms with Crippen LogP contribution < -0.4 is 0 Å². The molecule has 0 aliphatic heterocycles. The van der Waals surface area contributed by atoms with E-state index in [4.69, 9.17) is 11.6 Å². The number of nitrogens with zero attached hydrogens (tertiary/aromatic N) is 2. The summed E-state index contributed by atoms with van der Waals surface area (Å²) >= 11 is 8.94. The zero-order chi connectivity index (χ0) is 14.1. The highest BCUT2D eigenvalue weighted by Gasteiger charge is 2.16. The number of carbonyl (C=O) groups excluding carboxylic acids is 1. The van der Waals surface area contributed by atoms with E-state index in [9.17, 15) is 4.79 Å². The number of thiophene rings is 1. The molecule has 2 aromatic heterocycles. The van der Waals surface area contributed by atoms with E-state index < -0.39 is 0 Å². The molecule has 0 fully saturated rings. The number of halogens is 1. The largest absolute Gasteiger partial charge is 0.293 e. The van der Waals surface area contributed by atoms with E-state index in [1.54, 1.807) is 0 Å². The second-order valence-electron chi connectivity index (χ2n) is 4.39. The van der Waals surface area contributed by atoms with Gasteiger partial charge in [-0.25, -0.2) is 0 Å². The summed E-state index contributed by atoms with van der Waals surface area (Å²) in [6.45, 7) is 2.00. The van der Waals surface area contributed by atoms with Crippen molar-refractivity contribution in [3.8, 4) is 10.4 Å². The lowest BCUT2D eigenvalue weighted by atomic mass is 10.1. The van der Waals surface area contributed by atoms with Crippen LogP contribution in [0, 0.1) is 0 Å². The first kappa shape index (κ1) is 13.7. The summed E-state index contributed by atoms with van der Waals surface area (Å²) in [6, 6.07) is 7.50. The minimum atomic E-state index is 0.184. The minimum absolute atomic E-state index is 0.184. The van der Waals surface area contributed by atoms with Gasteiger partial charge in [0.05, 0.1) is 21.6 Å². The number of carbonyl (C=O) groups is 1. The van der Waals surface area contributed by atoms with Gasteiger partial charge >= 0.3 is 0 Å². The average Bonchev–Trinajstić information content (AvgIpc) is 3.07. The maximum Gasteiger partial charge on any atom is 0.172 e. The molecule has 0 N–H and O–H groups in total. The highest BCUT2D eigenvalue weighted by atomic mass is 35.5. The molecule has 1 aromatic carbocycles. The monoisotopic (exact) mass is 322 g/mol. The molecule has 0 unspecified atom stereocenters. The number of aromatic nitrogens is 2. The molecule has 3 aromatic rings. The van der Waals surface area contributed by atoms with Gasteiger partial charge in [-0.1, -0.05) is 18.5 Å². The van der Waals surface area contributed by atoms with Crippen molar-refractivity contribution in [3.63, 3.8) is 0 Å². The third kappa shape index (κ3) is 2.37. The smallest absolute Gasteiger partial charge is 0.172 e. The topological polar surface area (TPSA) is 42.9 Å². The Kier molecular flexibility index (Phi) is 3.83. The highest BCUT2D eigenvalue weighted by molar-refractivity contribution is 7.17. The maximum absolute atomic E-state index is 11.9. The van der Waals surface area contributed by atoms with E-state index in [0.29, 0.717) is 11.4 Å². The van der Waals surface area contributed by atoms with Crippen LogP contribution in [0.1, 0.15) is 29.4 Å². The third-order valence-electron chi connectivity index (χ3n) is 2.98. The fourth-order valence-corrected chi connectivity index (χ4v) is 3.92. The van der Waals surface area contributed by atoms with Crippen LogP contribution in [0.15, 0.2) is 24.3 Å². The Balaban J connectivity index is 2.09. The van der Waals surface area contributed by atoms with Gasteiger partial charge in [0.2, 0.25) is 0 Å². The molecule has 20 heavy (non-hydrogen) atoms. The second kappa shape index (κ2) is 5.60. The van der Waals surface area contributed by atoms with Crippen molar-refractivity contribution in [1.82, 2.24) is 8.75 Å². The molecule has 2 heterocycles. The normalized spacial score (nSPS) is 11.1. The van der Waals surface area contributed by atoms with Gasteiger partial charge in [0, 0.05) is 16.9 Å². The van der Waals surface area contributed by atoms with E-state index in [2.05, 4.69) is 8.75 Å². The number of benzene rings is 1. The van der Waals surface area contributed by atoms with Crippen molar-refractivity contribution in [2.45, 2.75) is 19.8 Å². The molecule has 3 rings (SSSR count). The molecule has 6 heteroatoms. The lowest BCUT2D eigenvalue weighted by molar-refractivity contribution is 0.0985.